The highest BCUT2D eigenvalue weighted by Crippen LogP contribution is 2.42. The van der Waals surface area contributed by atoms with Gasteiger partial charge < -0.3 is 10.1 Å². The Balaban J connectivity index is 2.10. The van der Waals surface area contributed by atoms with Crippen molar-refractivity contribution < 1.29 is 4.74 Å². The van der Waals surface area contributed by atoms with Crippen molar-refractivity contribution in [1.82, 2.24) is 5.32 Å². The molecule has 1 fully saturated rings. The smallest absolute Gasteiger partial charge is 0.122 e. The standard InChI is InChI=1S/C13H17NO/c1-15-12-4-2-3-9-5-6-10-7-14-8-11(10)13(9)12/h2-4,10-11,14H,5-8H2,1H3/t10-,11-/m1/s1. The molecule has 1 saturated heterocycles. The van der Waals surface area contributed by atoms with E-state index in [0.29, 0.717) is 5.92 Å². The van der Waals surface area contributed by atoms with Gasteiger partial charge in [0.05, 0.1) is 7.11 Å². The van der Waals surface area contributed by atoms with Crippen molar-refractivity contribution >= 4 is 0 Å². The van der Waals surface area contributed by atoms with Crippen LogP contribution in [0.15, 0.2) is 18.2 Å². The first-order chi connectivity index (χ1) is 7.40. The van der Waals surface area contributed by atoms with E-state index in [1.165, 1.54) is 30.5 Å². The second-order valence-electron chi connectivity index (χ2n) is 4.60. The Kier molecular flexibility index (Phi) is 2.17. The topological polar surface area (TPSA) is 21.3 Å². The number of nitrogens with one attached hydrogen (secondary N) is 1. The molecule has 1 aliphatic carbocycles. The number of methoxy groups -OCH3 is 1. The van der Waals surface area contributed by atoms with Crippen LogP contribution in [0.4, 0.5) is 0 Å². The predicted molar refractivity (Wildman–Crippen MR) is 60.4 cm³/mol. The summed E-state index contributed by atoms with van der Waals surface area (Å²) >= 11 is 0. The third-order valence-electron chi connectivity index (χ3n) is 3.87. The maximum Gasteiger partial charge on any atom is 0.122 e. The Bertz CT molecular complexity index is 361. The fraction of sp³-hybridized carbons (Fsp3) is 0.538. The molecular weight excluding hydrogens is 186 g/mol. The quantitative estimate of drug-likeness (QED) is 0.753. The molecule has 0 spiro atoms. The van der Waals surface area contributed by atoms with Crippen LogP contribution in [0, 0.1) is 5.92 Å². The van der Waals surface area contributed by atoms with Crippen molar-refractivity contribution in [2.45, 2.75) is 18.8 Å². The lowest BCUT2D eigenvalue weighted by atomic mass is 9.76. The molecule has 0 unspecified atom stereocenters. The van der Waals surface area contributed by atoms with E-state index in [1.54, 1.807) is 7.11 Å². The van der Waals surface area contributed by atoms with Crippen LogP contribution in [0.1, 0.15) is 23.5 Å². The van der Waals surface area contributed by atoms with Crippen molar-refractivity contribution in [3.8, 4) is 5.75 Å². The highest BCUT2D eigenvalue weighted by molar-refractivity contribution is 5.45. The van der Waals surface area contributed by atoms with E-state index in [9.17, 15) is 0 Å². The highest BCUT2D eigenvalue weighted by atomic mass is 16.5. The zero-order chi connectivity index (χ0) is 10.3. The lowest BCUT2D eigenvalue weighted by molar-refractivity contribution is 0.384. The molecule has 1 aliphatic heterocycles. The number of fused-ring (bicyclic) bond motifs is 3. The summed E-state index contributed by atoms with van der Waals surface area (Å²) in [6.45, 7) is 2.31. The van der Waals surface area contributed by atoms with Crippen LogP contribution in [0.25, 0.3) is 0 Å². The van der Waals surface area contributed by atoms with E-state index in [2.05, 4.69) is 23.5 Å². The van der Waals surface area contributed by atoms with Gasteiger partial charge in [0, 0.05) is 18.0 Å². The average Bonchev–Trinajstić information content (AvgIpc) is 2.76. The summed E-state index contributed by atoms with van der Waals surface area (Å²) in [4.78, 5) is 0. The maximum absolute atomic E-state index is 5.49. The molecular formula is C13H17NO. The molecule has 0 amide bonds. The summed E-state index contributed by atoms with van der Waals surface area (Å²) in [5.74, 6) is 2.60. The Hall–Kier alpha value is -1.02. The monoisotopic (exact) mass is 203 g/mol. The molecule has 2 heteroatoms. The molecule has 1 aromatic carbocycles. The molecule has 1 N–H and O–H groups in total. The number of hydrogen-bond acceptors (Lipinski definition) is 2. The minimum absolute atomic E-state index is 0.685. The van der Waals surface area contributed by atoms with Gasteiger partial charge >= 0.3 is 0 Å². The van der Waals surface area contributed by atoms with E-state index in [4.69, 9.17) is 4.74 Å². The lowest BCUT2D eigenvalue weighted by Crippen LogP contribution is -2.19. The number of rotatable bonds is 1. The SMILES string of the molecule is COc1cccc2c1[C@@H]1CNC[C@H]1CC2. The van der Waals surface area contributed by atoms with Gasteiger partial charge in [-0.25, -0.2) is 0 Å². The van der Waals surface area contributed by atoms with Crippen molar-refractivity contribution in [2.24, 2.45) is 5.92 Å². The van der Waals surface area contributed by atoms with Gasteiger partial charge in [-0.05, 0) is 36.9 Å². The molecule has 2 aliphatic rings. The molecule has 80 valence electrons. The first-order valence-corrected chi connectivity index (χ1v) is 5.76. The van der Waals surface area contributed by atoms with Gasteiger partial charge in [-0.1, -0.05) is 12.1 Å². The summed E-state index contributed by atoms with van der Waals surface area (Å²) < 4.78 is 5.49. The minimum atomic E-state index is 0.685. The van der Waals surface area contributed by atoms with E-state index in [0.717, 1.165) is 18.2 Å². The summed E-state index contributed by atoms with van der Waals surface area (Å²) in [5.41, 5.74) is 2.97. The van der Waals surface area contributed by atoms with Crippen molar-refractivity contribution in [1.29, 1.82) is 0 Å². The van der Waals surface area contributed by atoms with Gasteiger partial charge in [0.2, 0.25) is 0 Å². The molecule has 1 aromatic rings. The Morgan fingerprint density at radius 2 is 2.27 bits per heavy atom. The van der Waals surface area contributed by atoms with Crippen LogP contribution in [0.2, 0.25) is 0 Å². The van der Waals surface area contributed by atoms with Gasteiger partial charge in [-0.3, -0.25) is 0 Å². The van der Waals surface area contributed by atoms with Crippen molar-refractivity contribution in [3.63, 3.8) is 0 Å². The number of benzene rings is 1. The zero-order valence-electron chi connectivity index (χ0n) is 9.12. The second kappa shape index (κ2) is 3.53. The Labute approximate surface area is 90.6 Å². The lowest BCUT2D eigenvalue weighted by Gasteiger charge is -2.28. The molecule has 2 nitrogen and oxygen atoms in total. The van der Waals surface area contributed by atoms with Crippen molar-refractivity contribution in [2.75, 3.05) is 20.2 Å². The largest absolute Gasteiger partial charge is 0.496 e. The fourth-order valence-corrected chi connectivity index (χ4v) is 3.12. The average molecular weight is 203 g/mol. The summed E-state index contributed by atoms with van der Waals surface area (Å²) in [6.07, 6.45) is 2.55. The third kappa shape index (κ3) is 1.36. The maximum atomic E-state index is 5.49. The Morgan fingerprint density at radius 3 is 3.13 bits per heavy atom. The van der Waals surface area contributed by atoms with Crippen molar-refractivity contribution in [3.05, 3.63) is 29.3 Å². The van der Waals surface area contributed by atoms with Gasteiger partial charge in [0.15, 0.2) is 0 Å². The number of aryl methyl sites for hydroxylation is 1. The van der Waals surface area contributed by atoms with Crippen LogP contribution < -0.4 is 10.1 Å². The normalized spacial score (nSPS) is 28.3. The Morgan fingerprint density at radius 1 is 1.33 bits per heavy atom. The van der Waals surface area contributed by atoms with Crippen LogP contribution in [-0.4, -0.2) is 20.2 Å². The molecule has 0 radical (unpaired) electrons. The first kappa shape index (κ1) is 9.22. The molecule has 3 rings (SSSR count). The number of ether oxygens (including phenoxy) is 1. The van der Waals surface area contributed by atoms with Gasteiger partial charge in [-0.2, -0.15) is 0 Å². The van der Waals surface area contributed by atoms with Crippen LogP contribution >= 0.6 is 0 Å². The summed E-state index contributed by atoms with van der Waals surface area (Å²) in [6, 6.07) is 6.46. The van der Waals surface area contributed by atoms with Gasteiger partial charge in [0.25, 0.3) is 0 Å². The predicted octanol–water partition coefficient (Wildman–Crippen LogP) is 1.94. The van der Waals surface area contributed by atoms with E-state index in [1.807, 2.05) is 0 Å². The highest BCUT2D eigenvalue weighted by Gasteiger charge is 2.34. The molecule has 15 heavy (non-hydrogen) atoms. The summed E-state index contributed by atoms with van der Waals surface area (Å²) in [7, 11) is 1.78. The number of hydrogen-bond donors (Lipinski definition) is 1. The molecule has 0 saturated carbocycles. The van der Waals surface area contributed by atoms with Crippen LogP contribution in [0.3, 0.4) is 0 Å². The summed E-state index contributed by atoms with van der Waals surface area (Å²) in [5, 5.41) is 3.50. The molecule has 2 atom stereocenters. The third-order valence-corrected chi connectivity index (χ3v) is 3.87. The van der Waals surface area contributed by atoms with Gasteiger partial charge in [0.1, 0.15) is 5.75 Å². The van der Waals surface area contributed by atoms with E-state index in [-0.39, 0.29) is 0 Å². The molecule has 0 bridgehead atoms. The minimum Gasteiger partial charge on any atom is -0.496 e. The molecule has 0 aromatic heterocycles. The van der Waals surface area contributed by atoms with E-state index < -0.39 is 0 Å². The van der Waals surface area contributed by atoms with E-state index >= 15 is 0 Å². The second-order valence-corrected chi connectivity index (χ2v) is 4.60. The van der Waals surface area contributed by atoms with Gasteiger partial charge in [-0.15, -0.1) is 0 Å². The molecule has 1 heterocycles. The first-order valence-electron chi connectivity index (χ1n) is 5.76. The van der Waals surface area contributed by atoms with Crippen LogP contribution in [0.5, 0.6) is 5.75 Å². The van der Waals surface area contributed by atoms with Crippen LogP contribution in [-0.2, 0) is 6.42 Å². The zero-order valence-corrected chi connectivity index (χ0v) is 9.12. The fourth-order valence-electron chi connectivity index (χ4n) is 3.12.